The smallest absolute Gasteiger partial charge is 0.337 e. The molecule has 2 aromatic heterocycles. The van der Waals surface area contributed by atoms with Crippen LogP contribution < -0.4 is 5.69 Å². The number of carbonyl (C=O) groups is 1. The maximum Gasteiger partial charge on any atom is 0.337 e. The zero-order valence-corrected chi connectivity index (χ0v) is 15.0. The fourth-order valence-corrected chi connectivity index (χ4v) is 3.84. The van der Waals surface area contributed by atoms with Crippen molar-refractivity contribution in [2.24, 2.45) is 5.92 Å². The Morgan fingerprint density at radius 3 is 2.76 bits per heavy atom. The van der Waals surface area contributed by atoms with Crippen molar-refractivity contribution in [2.75, 3.05) is 7.11 Å². The van der Waals surface area contributed by atoms with Crippen LogP contribution in [0.4, 0.5) is 0 Å². The van der Waals surface area contributed by atoms with Crippen LogP contribution in [0.3, 0.4) is 0 Å². The maximum absolute atomic E-state index is 13.0. The molecule has 1 saturated carbocycles. The number of imidazole rings is 1. The average Bonchev–Trinajstić information content (AvgIpc) is 3.30. The molecular formula is C18H19N3O3S. The van der Waals surface area contributed by atoms with Gasteiger partial charge in [0.05, 0.1) is 41.5 Å². The van der Waals surface area contributed by atoms with E-state index in [9.17, 15) is 9.59 Å². The molecule has 7 heteroatoms. The number of aromatic nitrogens is 3. The standard InChI is InChI=1S/C18H19N3O3S/c1-11-16(25-10-19-11)9-21-15-7-13(17(22)24-2)5-6-14(15)20(18(21)23)8-12-3-4-12/h5-7,10,12H,3-4,8-9H2,1-2H3. The van der Waals surface area contributed by atoms with E-state index in [-0.39, 0.29) is 5.69 Å². The third-order valence-electron chi connectivity index (χ3n) is 4.72. The van der Waals surface area contributed by atoms with Gasteiger partial charge < -0.3 is 4.74 Å². The monoisotopic (exact) mass is 357 g/mol. The summed E-state index contributed by atoms with van der Waals surface area (Å²) < 4.78 is 8.40. The molecule has 1 aromatic carbocycles. The third-order valence-corrected chi connectivity index (χ3v) is 5.64. The van der Waals surface area contributed by atoms with E-state index >= 15 is 0 Å². The molecule has 3 aromatic rings. The van der Waals surface area contributed by atoms with Gasteiger partial charge in [0.1, 0.15) is 0 Å². The maximum atomic E-state index is 13.0. The number of benzene rings is 1. The highest BCUT2D eigenvalue weighted by molar-refractivity contribution is 7.09. The number of nitrogens with zero attached hydrogens (tertiary/aromatic N) is 3. The fraction of sp³-hybridized carbons (Fsp3) is 0.389. The number of hydrogen-bond donors (Lipinski definition) is 0. The number of hydrogen-bond acceptors (Lipinski definition) is 5. The van der Waals surface area contributed by atoms with Gasteiger partial charge in [0.15, 0.2) is 0 Å². The van der Waals surface area contributed by atoms with Crippen molar-refractivity contribution in [3.8, 4) is 0 Å². The predicted octanol–water partition coefficient (Wildman–Crippen LogP) is 2.81. The first-order chi connectivity index (χ1) is 12.1. The lowest BCUT2D eigenvalue weighted by Gasteiger charge is -2.04. The molecular weight excluding hydrogens is 338 g/mol. The van der Waals surface area contributed by atoms with Crippen LogP contribution in [0.2, 0.25) is 0 Å². The van der Waals surface area contributed by atoms with Gasteiger partial charge in [-0.25, -0.2) is 14.6 Å². The summed E-state index contributed by atoms with van der Waals surface area (Å²) in [5, 5.41) is 0. The normalized spacial score (nSPS) is 14.2. The van der Waals surface area contributed by atoms with Crippen LogP contribution in [0.5, 0.6) is 0 Å². The molecule has 0 aliphatic heterocycles. The molecule has 4 rings (SSSR count). The molecule has 0 bridgehead atoms. The summed E-state index contributed by atoms with van der Waals surface area (Å²) in [7, 11) is 1.36. The molecule has 6 nitrogen and oxygen atoms in total. The largest absolute Gasteiger partial charge is 0.465 e. The number of rotatable bonds is 5. The molecule has 0 spiro atoms. The highest BCUT2D eigenvalue weighted by atomic mass is 32.1. The van der Waals surface area contributed by atoms with E-state index < -0.39 is 5.97 Å². The lowest BCUT2D eigenvalue weighted by Crippen LogP contribution is -2.25. The fourth-order valence-electron chi connectivity index (χ4n) is 3.07. The second kappa shape index (κ2) is 6.15. The van der Waals surface area contributed by atoms with Crippen molar-refractivity contribution in [2.45, 2.75) is 32.9 Å². The van der Waals surface area contributed by atoms with E-state index in [1.807, 2.05) is 17.6 Å². The van der Waals surface area contributed by atoms with Crippen LogP contribution in [-0.2, 0) is 17.8 Å². The number of thiazole rings is 1. The zero-order valence-electron chi connectivity index (χ0n) is 14.2. The first-order valence-corrected chi connectivity index (χ1v) is 9.17. The van der Waals surface area contributed by atoms with E-state index in [4.69, 9.17) is 4.74 Å². The van der Waals surface area contributed by atoms with Gasteiger partial charge >= 0.3 is 11.7 Å². The third kappa shape index (κ3) is 2.89. The summed E-state index contributed by atoms with van der Waals surface area (Å²) >= 11 is 1.54. The number of fused-ring (bicyclic) bond motifs is 1. The van der Waals surface area contributed by atoms with Gasteiger partial charge in [-0.3, -0.25) is 9.13 Å². The summed E-state index contributed by atoms with van der Waals surface area (Å²) in [6, 6.07) is 5.32. The van der Waals surface area contributed by atoms with Crippen LogP contribution >= 0.6 is 11.3 Å². The van der Waals surface area contributed by atoms with Crippen molar-refractivity contribution < 1.29 is 9.53 Å². The summed E-state index contributed by atoms with van der Waals surface area (Å²) in [6.07, 6.45) is 2.35. The first-order valence-electron chi connectivity index (χ1n) is 8.29. The number of carbonyl (C=O) groups excluding carboxylic acids is 1. The Morgan fingerprint density at radius 1 is 1.32 bits per heavy atom. The minimum absolute atomic E-state index is 0.0308. The Hall–Kier alpha value is -2.41. The van der Waals surface area contributed by atoms with Gasteiger partial charge in [-0.05, 0) is 43.9 Å². The lowest BCUT2D eigenvalue weighted by molar-refractivity contribution is 0.0601. The van der Waals surface area contributed by atoms with Gasteiger partial charge in [0, 0.05) is 11.4 Å². The Balaban J connectivity index is 1.88. The average molecular weight is 357 g/mol. The Morgan fingerprint density at radius 2 is 2.12 bits per heavy atom. The van der Waals surface area contributed by atoms with Crippen molar-refractivity contribution in [3.05, 3.63) is 50.3 Å². The van der Waals surface area contributed by atoms with Gasteiger partial charge in [0.25, 0.3) is 0 Å². The van der Waals surface area contributed by atoms with Crippen molar-refractivity contribution in [3.63, 3.8) is 0 Å². The predicted molar refractivity (Wildman–Crippen MR) is 96.2 cm³/mol. The number of ether oxygens (including phenoxy) is 1. The zero-order chi connectivity index (χ0) is 17.6. The summed E-state index contributed by atoms with van der Waals surface area (Å²) in [5.41, 5.74) is 4.78. The number of aryl methyl sites for hydroxylation is 1. The number of esters is 1. The molecule has 0 N–H and O–H groups in total. The first kappa shape index (κ1) is 16.1. The molecule has 25 heavy (non-hydrogen) atoms. The minimum atomic E-state index is -0.398. The minimum Gasteiger partial charge on any atom is -0.465 e. The molecule has 0 radical (unpaired) electrons. The molecule has 1 fully saturated rings. The molecule has 0 atom stereocenters. The van der Waals surface area contributed by atoms with Crippen LogP contribution in [-0.4, -0.2) is 27.2 Å². The highest BCUT2D eigenvalue weighted by Gasteiger charge is 2.25. The van der Waals surface area contributed by atoms with Crippen LogP contribution in [0.15, 0.2) is 28.5 Å². The molecule has 0 amide bonds. The van der Waals surface area contributed by atoms with Gasteiger partial charge in [-0.1, -0.05) is 0 Å². The second-order valence-corrected chi connectivity index (χ2v) is 7.42. The van der Waals surface area contributed by atoms with Crippen LogP contribution in [0.25, 0.3) is 11.0 Å². The SMILES string of the molecule is COC(=O)c1ccc2c(c1)n(Cc1scnc1C)c(=O)n2CC1CC1. The molecule has 130 valence electrons. The molecule has 2 heterocycles. The van der Waals surface area contributed by atoms with Gasteiger partial charge in [-0.2, -0.15) is 0 Å². The summed E-state index contributed by atoms with van der Waals surface area (Å²) in [6.45, 7) is 3.15. The summed E-state index contributed by atoms with van der Waals surface area (Å²) in [5.74, 6) is 0.187. The van der Waals surface area contributed by atoms with E-state index in [2.05, 4.69) is 4.98 Å². The Bertz CT molecular complexity index is 1010. The number of methoxy groups -OCH3 is 1. The molecule has 1 aliphatic rings. The van der Waals surface area contributed by atoms with E-state index in [0.29, 0.717) is 18.0 Å². The quantitative estimate of drug-likeness (QED) is 0.659. The van der Waals surface area contributed by atoms with Gasteiger partial charge in [0.2, 0.25) is 0 Å². The topological polar surface area (TPSA) is 66.1 Å². The molecule has 1 aliphatic carbocycles. The highest BCUT2D eigenvalue weighted by Crippen LogP contribution is 2.31. The van der Waals surface area contributed by atoms with Crippen molar-refractivity contribution >= 4 is 28.3 Å². The van der Waals surface area contributed by atoms with Crippen molar-refractivity contribution in [1.82, 2.24) is 14.1 Å². The lowest BCUT2D eigenvalue weighted by atomic mass is 10.2. The molecule has 0 saturated heterocycles. The van der Waals surface area contributed by atoms with Gasteiger partial charge in [-0.15, -0.1) is 11.3 Å². The summed E-state index contributed by atoms with van der Waals surface area (Å²) in [4.78, 5) is 30.2. The molecule has 0 unspecified atom stereocenters. The van der Waals surface area contributed by atoms with E-state index in [0.717, 1.165) is 28.1 Å². The van der Waals surface area contributed by atoms with Crippen LogP contribution in [0, 0.1) is 12.8 Å². The van der Waals surface area contributed by atoms with Crippen molar-refractivity contribution in [1.29, 1.82) is 0 Å². The Kier molecular flexibility index (Phi) is 3.95. The van der Waals surface area contributed by atoms with E-state index in [1.54, 1.807) is 33.5 Å². The van der Waals surface area contributed by atoms with Crippen LogP contribution in [0.1, 0.15) is 33.8 Å². The Labute approximate surface area is 148 Å². The van der Waals surface area contributed by atoms with E-state index in [1.165, 1.54) is 20.0 Å². The second-order valence-electron chi connectivity index (χ2n) is 6.48.